The Morgan fingerprint density at radius 1 is 0.695 bits per heavy atom. The van der Waals surface area contributed by atoms with Gasteiger partial charge in [-0.15, -0.1) is 0 Å². The van der Waals surface area contributed by atoms with Crippen LogP contribution in [0.15, 0.2) is 66.7 Å². The highest BCUT2D eigenvalue weighted by molar-refractivity contribution is 6.13. The van der Waals surface area contributed by atoms with Crippen LogP contribution in [-0.2, 0) is 73.6 Å². The maximum atomic E-state index is 14.8. The number of benzene rings is 2. The molecule has 0 saturated carbocycles. The van der Waals surface area contributed by atoms with Gasteiger partial charge in [-0.2, -0.15) is 0 Å². The Balaban J connectivity index is 1.37. The van der Waals surface area contributed by atoms with E-state index in [2.05, 4.69) is 31.9 Å². The van der Waals surface area contributed by atoms with Crippen LogP contribution in [0.2, 0.25) is 0 Å². The fourth-order valence-electron chi connectivity index (χ4n) is 11.9. The van der Waals surface area contributed by atoms with E-state index in [1.54, 1.807) is 77.8 Å². The Labute approximate surface area is 557 Å². The third-order valence-corrected chi connectivity index (χ3v) is 17.5. The van der Waals surface area contributed by atoms with Crippen molar-refractivity contribution in [3.63, 3.8) is 0 Å². The number of nitrogens with one attached hydrogen (secondary N) is 6. The number of likely N-dealkylation sites (N-methyl/N-ethyl adjacent to an activating group) is 2. The molecule has 0 aromatic heterocycles. The van der Waals surface area contributed by atoms with Crippen molar-refractivity contribution in [3.8, 4) is 0 Å². The van der Waals surface area contributed by atoms with E-state index in [1.165, 1.54) is 45.2 Å². The van der Waals surface area contributed by atoms with Gasteiger partial charge >= 0.3 is 12.1 Å². The van der Waals surface area contributed by atoms with Crippen LogP contribution < -0.4 is 31.9 Å². The van der Waals surface area contributed by atoms with Gasteiger partial charge in [0.1, 0.15) is 36.8 Å². The lowest BCUT2D eigenvalue weighted by atomic mass is 9.89. The molecule has 2 aliphatic rings. The first kappa shape index (κ1) is 79.1. The van der Waals surface area contributed by atoms with Crippen LogP contribution in [-0.4, -0.2) is 203 Å². The second-order valence-corrected chi connectivity index (χ2v) is 25.9. The lowest BCUT2D eigenvalue weighted by Crippen LogP contribution is -2.60. The minimum atomic E-state index is -1.39. The topological polar surface area (TPSA) is 358 Å². The van der Waals surface area contributed by atoms with Gasteiger partial charge in [-0.25, -0.2) is 4.79 Å². The fourth-order valence-corrected chi connectivity index (χ4v) is 11.9. The first-order chi connectivity index (χ1) is 44.8. The van der Waals surface area contributed by atoms with Gasteiger partial charge in [0, 0.05) is 72.1 Å². The fraction of sp³-hybridized carbons (Fsp3) is 0.618. The van der Waals surface area contributed by atoms with Crippen LogP contribution in [0.1, 0.15) is 145 Å². The molecular formula is C68H102N10O17. The lowest BCUT2D eigenvalue weighted by Gasteiger charge is -2.41. The van der Waals surface area contributed by atoms with E-state index in [1.807, 2.05) is 45.9 Å². The quantitative estimate of drug-likeness (QED) is 0.0439. The number of nitrogens with zero attached hydrogens (tertiary/aromatic N) is 4. The van der Waals surface area contributed by atoms with Crippen LogP contribution in [0.5, 0.6) is 0 Å². The SMILES string of the molecule is CC[C@H](C)[C@@H]([C@@H](CC(=O)N1CCC[C@H]1[C@H](OC)[C@@H](C)C(=O)N[C@H](C)[C@@H](O)c1ccccc1)OC)N(C)C(=O)[C@@H](NC(=O)[C@H](C(C)C)N(C)C(=O)OCc1ccc(NC(=O)[C@H](CCC(=O)O)NC(=O)[C@H](C)NC(=O)[C@H](CC(C)C)NC(=O)CCN2C(=O)C=CC2=O)cc1)C(C)C. The molecule has 95 heavy (non-hydrogen) atoms. The molecule has 4 rings (SSSR count). The number of hydrogen-bond donors (Lipinski definition) is 8. The van der Waals surface area contributed by atoms with Crippen LogP contribution in [0, 0.1) is 29.6 Å². The molecular weight excluding hydrogens is 1230 g/mol. The predicted molar refractivity (Wildman–Crippen MR) is 352 cm³/mol. The molecule has 11 amide bonds. The van der Waals surface area contributed by atoms with E-state index < -0.39 is 150 Å². The highest BCUT2D eigenvalue weighted by atomic mass is 16.6. The number of amides is 11. The second kappa shape index (κ2) is 37.7. The molecule has 2 aromatic rings. The van der Waals surface area contributed by atoms with Crippen molar-refractivity contribution in [3.05, 3.63) is 77.9 Å². The van der Waals surface area contributed by atoms with Gasteiger partial charge in [-0.05, 0) is 86.5 Å². The third kappa shape index (κ3) is 23.0. The van der Waals surface area contributed by atoms with Crippen LogP contribution in [0.3, 0.4) is 0 Å². The van der Waals surface area contributed by atoms with Gasteiger partial charge in [0.15, 0.2) is 0 Å². The number of carbonyl (C=O) groups excluding carboxylic acids is 11. The maximum absolute atomic E-state index is 14.8. The van der Waals surface area contributed by atoms with Gasteiger partial charge in [0.2, 0.25) is 47.3 Å². The molecule has 27 nitrogen and oxygen atoms in total. The molecule has 526 valence electrons. The molecule has 2 aromatic carbocycles. The van der Waals surface area contributed by atoms with E-state index in [9.17, 15) is 67.7 Å². The molecule has 13 atom stereocenters. The number of carbonyl (C=O) groups is 12. The Hall–Kier alpha value is -8.30. The molecule has 0 unspecified atom stereocenters. The van der Waals surface area contributed by atoms with Crippen molar-refractivity contribution >= 4 is 76.8 Å². The first-order valence-corrected chi connectivity index (χ1v) is 32.7. The standard InChI is InChI=1S/C68H102N10O17/c1-16-41(8)59(51(93-14)36-55(82)77-33-20-23-50(77)61(94-15)42(9)62(86)69-43(10)60(85)46-21-18-17-19-22-46)75(12)67(91)57(39(4)5)74-66(90)58(40(6)7)76(13)68(92)95-37-45-24-26-47(27-25-45)71-64(88)48(28-31-56(83)84)73-63(87)44(11)70-65(89)49(35-38(2)3)72-52(79)32-34-78-53(80)29-30-54(78)81/h17-19,21-22,24-27,29-30,38-44,48-51,57-61,85H,16,20,23,28,31-37H2,1-15H3,(H,69,86)(H,70,89)(H,71,88)(H,72,79)(H,73,87)(H,74,90)(H,83,84)/t41-,42+,43+,44-,48-,49-,50-,51+,57-,58-,59-,60+,61+/m0/s1. The van der Waals surface area contributed by atoms with Crippen molar-refractivity contribution in [2.75, 3.05) is 46.7 Å². The van der Waals surface area contributed by atoms with Gasteiger partial charge < -0.3 is 66.1 Å². The Morgan fingerprint density at radius 2 is 1.33 bits per heavy atom. The zero-order chi connectivity index (χ0) is 71.1. The van der Waals surface area contributed by atoms with Crippen molar-refractivity contribution in [1.82, 2.24) is 46.2 Å². The van der Waals surface area contributed by atoms with Crippen molar-refractivity contribution in [1.29, 1.82) is 0 Å². The number of aliphatic hydroxyl groups excluding tert-OH is 1. The van der Waals surface area contributed by atoms with E-state index in [-0.39, 0.29) is 68.2 Å². The molecule has 0 aliphatic carbocycles. The first-order valence-electron chi connectivity index (χ1n) is 32.7. The highest BCUT2D eigenvalue weighted by Gasteiger charge is 2.44. The van der Waals surface area contributed by atoms with Crippen molar-refractivity contribution < 1.29 is 82.0 Å². The molecule has 0 bridgehead atoms. The summed E-state index contributed by atoms with van der Waals surface area (Å²) < 4.78 is 17.7. The van der Waals surface area contributed by atoms with Gasteiger partial charge in [0.25, 0.3) is 11.8 Å². The number of aliphatic hydroxyl groups is 1. The summed E-state index contributed by atoms with van der Waals surface area (Å²) in [6.07, 6.45) is -0.297. The average Bonchev–Trinajstić information content (AvgIpc) is 1.96. The largest absolute Gasteiger partial charge is 0.481 e. The molecule has 2 aliphatic heterocycles. The summed E-state index contributed by atoms with van der Waals surface area (Å²) in [4.78, 5) is 165. The highest BCUT2D eigenvalue weighted by Crippen LogP contribution is 2.31. The molecule has 1 fully saturated rings. The zero-order valence-corrected chi connectivity index (χ0v) is 57.7. The molecule has 27 heteroatoms. The average molecular weight is 1330 g/mol. The van der Waals surface area contributed by atoms with Crippen LogP contribution in [0.4, 0.5) is 10.5 Å². The number of hydrogen-bond acceptors (Lipinski definition) is 16. The van der Waals surface area contributed by atoms with E-state index in [0.29, 0.717) is 36.9 Å². The lowest BCUT2D eigenvalue weighted by molar-refractivity contribution is -0.148. The number of rotatable bonds is 37. The number of aliphatic carboxylic acids is 1. The second-order valence-electron chi connectivity index (χ2n) is 25.9. The number of ether oxygens (including phenoxy) is 3. The summed E-state index contributed by atoms with van der Waals surface area (Å²) in [5.41, 5.74) is 1.36. The van der Waals surface area contributed by atoms with Crippen molar-refractivity contribution in [2.45, 2.75) is 201 Å². The van der Waals surface area contributed by atoms with E-state index in [0.717, 1.165) is 22.0 Å². The van der Waals surface area contributed by atoms with Gasteiger partial charge in [-0.3, -0.25) is 62.5 Å². The van der Waals surface area contributed by atoms with Crippen LogP contribution >= 0.6 is 0 Å². The number of likely N-dealkylation sites (tertiary alicyclic amines) is 1. The van der Waals surface area contributed by atoms with E-state index in [4.69, 9.17) is 14.2 Å². The summed E-state index contributed by atoms with van der Waals surface area (Å²) in [6.45, 7) is 19.3. The van der Waals surface area contributed by atoms with E-state index >= 15 is 0 Å². The van der Waals surface area contributed by atoms with Crippen LogP contribution in [0.25, 0.3) is 0 Å². The van der Waals surface area contributed by atoms with Gasteiger partial charge in [-0.1, -0.05) is 111 Å². The third-order valence-electron chi connectivity index (χ3n) is 17.5. The number of carboxylic acids is 1. The normalized spacial score (nSPS) is 17.7. The molecule has 2 heterocycles. The minimum absolute atomic E-state index is 0.0933. The molecule has 8 N–H and O–H groups in total. The molecule has 0 radical (unpaired) electrons. The number of methoxy groups -OCH3 is 2. The van der Waals surface area contributed by atoms with Gasteiger partial charge in [0.05, 0.1) is 48.8 Å². The summed E-state index contributed by atoms with van der Waals surface area (Å²) in [7, 11) is 6.02. The Morgan fingerprint density at radius 3 is 1.88 bits per heavy atom. The smallest absolute Gasteiger partial charge is 0.410 e. The Kier molecular flexibility index (Phi) is 31.4. The zero-order valence-electron chi connectivity index (χ0n) is 57.7. The number of imide groups is 1. The predicted octanol–water partition coefficient (Wildman–Crippen LogP) is 4.22. The maximum Gasteiger partial charge on any atom is 0.410 e. The summed E-state index contributed by atoms with van der Waals surface area (Å²) >= 11 is 0. The monoisotopic (exact) mass is 1330 g/mol. The summed E-state index contributed by atoms with van der Waals surface area (Å²) in [5, 5.41) is 36.5. The minimum Gasteiger partial charge on any atom is -0.481 e. The van der Waals surface area contributed by atoms with Crippen molar-refractivity contribution in [2.24, 2.45) is 29.6 Å². The molecule has 1 saturated heterocycles. The number of anilines is 1. The summed E-state index contributed by atoms with van der Waals surface area (Å²) in [5.74, 6) is -8.86. The Bertz CT molecular complexity index is 2980. The molecule has 0 spiro atoms. The number of carboxylic acid groups (broad SMARTS) is 1. The summed E-state index contributed by atoms with van der Waals surface area (Å²) in [6, 6.07) is 7.44.